The van der Waals surface area contributed by atoms with E-state index < -0.39 is 46.4 Å². The van der Waals surface area contributed by atoms with Gasteiger partial charge in [0, 0.05) is 43.8 Å². The molecule has 0 saturated carbocycles. The van der Waals surface area contributed by atoms with Gasteiger partial charge < -0.3 is 14.9 Å². The molecule has 1 aromatic heterocycles. The zero-order valence-electron chi connectivity index (χ0n) is 22.1. The molecule has 3 aliphatic heterocycles. The number of benzene rings is 2. The van der Waals surface area contributed by atoms with Crippen LogP contribution in [-0.2, 0) is 22.6 Å². The van der Waals surface area contributed by atoms with Crippen LogP contribution in [0.5, 0.6) is 5.88 Å². The van der Waals surface area contributed by atoms with Crippen molar-refractivity contribution >= 4 is 41.1 Å². The molecule has 6 rings (SSSR count). The number of barbiturate groups is 1. The fraction of sp³-hybridized carbons (Fsp3) is 0.286. The molecule has 0 radical (unpaired) electrons. The zero-order chi connectivity index (χ0) is 28.9. The van der Waals surface area contributed by atoms with E-state index in [0.29, 0.717) is 30.9 Å². The molecule has 1 spiro atoms. The number of carbonyl (C=O) groups is 3. The summed E-state index contributed by atoms with van der Waals surface area (Å²) in [5.74, 6) is -1.82. The zero-order valence-corrected chi connectivity index (χ0v) is 22.1. The maximum atomic E-state index is 13.5. The smallest absolute Gasteiger partial charge is 0.331 e. The van der Waals surface area contributed by atoms with Crippen LogP contribution in [0.4, 0.5) is 21.9 Å². The van der Waals surface area contributed by atoms with E-state index in [1.165, 1.54) is 6.21 Å². The normalized spacial score (nSPS) is 19.6. The predicted molar refractivity (Wildman–Crippen MR) is 150 cm³/mol. The Morgan fingerprint density at radius 1 is 1.02 bits per heavy atom. The van der Waals surface area contributed by atoms with Crippen LogP contribution in [0.1, 0.15) is 18.1 Å². The lowest BCUT2D eigenvalue weighted by atomic mass is 9.68. The van der Waals surface area contributed by atoms with Crippen molar-refractivity contribution in [3.63, 3.8) is 0 Å². The average molecular weight is 558 g/mol. The number of aromatic nitrogens is 2. The van der Waals surface area contributed by atoms with Crippen molar-refractivity contribution in [1.29, 1.82) is 0 Å². The fourth-order valence-corrected chi connectivity index (χ4v) is 6.01. The van der Waals surface area contributed by atoms with Gasteiger partial charge in [0.05, 0.1) is 11.7 Å². The highest BCUT2D eigenvalue weighted by molar-refractivity contribution is 6.20. The molecule has 0 unspecified atom stereocenters. The highest BCUT2D eigenvalue weighted by Crippen LogP contribution is 2.45. The number of nitrogens with one attached hydrogen (secondary N) is 3. The van der Waals surface area contributed by atoms with Gasteiger partial charge in [0.1, 0.15) is 5.56 Å². The van der Waals surface area contributed by atoms with E-state index in [0.717, 1.165) is 15.9 Å². The van der Waals surface area contributed by atoms with Crippen LogP contribution in [0.25, 0.3) is 0 Å². The number of urea groups is 1. The highest BCUT2D eigenvalue weighted by atomic mass is 16.3. The summed E-state index contributed by atoms with van der Waals surface area (Å²) >= 11 is 0. The highest BCUT2D eigenvalue weighted by Gasteiger charge is 2.60. The predicted octanol–water partition coefficient (Wildman–Crippen LogP) is 0.616. The number of para-hydroxylation sites is 1. The van der Waals surface area contributed by atoms with Crippen molar-refractivity contribution in [2.45, 2.75) is 25.9 Å². The number of hydrogen-bond donors (Lipinski definition) is 4. The molecule has 13 nitrogen and oxygen atoms in total. The summed E-state index contributed by atoms with van der Waals surface area (Å²) in [7, 11) is 0. The van der Waals surface area contributed by atoms with Crippen LogP contribution in [0.15, 0.2) is 63.1 Å². The second-order valence-corrected chi connectivity index (χ2v) is 10.2. The number of rotatable bonds is 4. The molecule has 210 valence electrons. The summed E-state index contributed by atoms with van der Waals surface area (Å²) < 4.78 is 1.01. The maximum Gasteiger partial charge on any atom is 0.331 e. The van der Waals surface area contributed by atoms with E-state index in [4.69, 9.17) is 0 Å². The Morgan fingerprint density at radius 3 is 2.46 bits per heavy atom. The number of imide groups is 2. The molecule has 4 N–H and O–H groups in total. The van der Waals surface area contributed by atoms with Crippen molar-refractivity contribution in [3.05, 3.63) is 80.5 Å². The largest absolute Gasteiger partial charge is 0.494 e. The number of hydrogen-bond acceptors (Lipinski definition) is 9. The van der Waals surface area contributed by atoms with E-state index in [1.807, 2.05) is 41.3 Å². The quantitative estimate of drug-likeness (QED) is 0.267. The number of nitrogens with zero attached hydrogens (tertiary/aromatic N) is 4. The summed E-state index contributed by atoms with van der Waals surface area (Å²) in [4.78, 5) is 73.9. The first-order valence-corrected chi connectivity index (χ1v) is 13.2. The van der Waals surface area contributed by atoms with Gasteiger partial charge in [0.15, 0.2) is 5.41 Å². The number of aliphatic imine (C=N–C) groups is 1. The Kier molecular flexibility index (Phi) is 6.20. The molecule has 41 heavy (non-hydrogen) atoms. The van der Waals surface area contributed by atoms with E-state index in [-0.39, 0.29) is 18.5 Å². The molecule has 2 aromatic carbocycles. The number of carbonyl (C=O) groups excluding carboxylic acids is 3. The van der Waals surface area contributed by atoms with E-state index in [9.17, 15) is 29.1 Å². The number of aromatic amines is 1. The number of H-pyrrole nitrogens is 1. The molecule has 2 fully saturated rings. The van der Waals surface area contributed by atoms with Crippen LogP contribution in [0.2, 0.25) is 0 Å². The van der Waals surface area contributed by atoms with Gasteiger partial charge in [0.25, 0.3) is 5.56 Å². The van der Waals surface area contributed by atoms with Crippen LogP contribution in [0, 0.1) is 5.41 Å². The third-order valence-corrected chi connectivity index (χ3v) is 8.04. The second-order valence-electron chi connectivity index (χ2n) is 10.2. The van der Waals surface area contributed by atoms with Crippen molar-refractivity contribution in [2.24, 2.45) is 10.4 Å². The number of amides is 4. The van der Waals surface area contributed by atoms with Gasteiger partial charge in [-0.05, 0) is 49.2 Å². The Labute approximate surface area is 233 Å². The summed E-state index contributed by atoms with van der Waals surface area (Å²) in [6, 6.07) is 13.6. The van der Waals surface area contributed by atoms with Crippen molar-refractivity contribution < 1.29 is 19.5 Å². The van der Waals surface area contributed by atoms with Crippen LogP contribution in [-0.4, -0.2) is 64.4 Å². The number of piperazine rings is 1. The van der Waals surface area contributed by atoms with Gasteiger partial charge in [0.2, 0.25) is 17.7 Å². The summed E-state index contributed by atoms with van der Waals surface area (Å²) in [5, 5.41) is 15.0. The maximum absolute atomic E-state index is 13.5. The van der Waals surface area contributed by atoms with Crippen LogP contribution < -0.4 is 31.7 Å². The number of fused-ring (bicyclic) bond motifs is 4. The second kappa shape index (κ2) is 9.77. The number of anilines is 2. The Balaban J connectivity index is 1.40. The minimum Gasteiger partial charge on any atom is -0.494 e. The van der Waals surface area contributed by atoms with Gasteiger partial charge in [-0.2, -0.15) is 0 Å². The molecule has 2 saturated heterocycles. The molecular weight excluding hydrogens is 530 g/mol. The van der Waals surface area contributed by atoms with Gasteiger partial charge in [-0.3, -0.25) is 39.6 Å². The fourth-order valence-electron chi connectivity index (χ4n) is 6.01. The molecule has 0 bridgehead atoms. The Morgan fingerprint density at radius 2 is 1.76 bits per heavy atom. The lowest BCUT2D eigenvalue weighted by molar-refractivity contribution is -0.146. The van der Waals surface area contributed by atoms with Gasteiger partial charge in [-0.1, -0.05) is 18.2 Å². The summed E-state index contributed by atoms with van der Waals surface area (Å²) in [6.45, 7) is 3.35. The van der Waals surface area contributed by atoms with E-state index in [1.54, 1.807) is 19.1 Å². The van der Waals surface area contributed by atoms with E-state index in [2.05, 4.69) is 25.5 Å². The van der Waals surface area contributed by atoms with E-state index >= 15 is 0 Å². The first-order valence-electron chi connectivity index (χ1n) is 13.2. The van der Waals surface area contributed by atoms with Gasteiger partial charge in [-0.25, -0.2) is 9.59 Å². The Hall–Kier alpha value is -5.20. The van der Waals surface area contributed by atoms with Gasteiger partial charge >= 0.3 is 11.7 Å². The molecule has 3 aromatic rings. The molecule has 1 atom stereocenters. The molecular formula is C28H27N7O6. The Bertz CT molecular complexity index is 1710. The van der Waals surface area contributed by atoms with Crippen LogP contribution >= 0.6 is 0 Å². The van der Waals surface area contributed by atoms with Crippen molar-refractivity contribution in [2.75, 3.05) is 29.4 Å². The lowest BCUT2D eigenvalue weighted by Crippen LogP contribution is -2.74. The van der Waals surface area contributed by atoms with Crippen molar-refractivity contribution in [3.8, 4) is 5.88 Å². The average Bonchev–Trinajstić information content (AvgIpc) is 2.95. The third kappa shape index (κ3) is 4.17. The topological polar surface area (TPSA) is 169 Å². The monoisotopic (exact) mass is 557 g/mol. The summed E-state index contributed by atoms with van der Waals surface area (Å²) in [6.07, 6.45) is 1.19. The first kappa shape index (κ1) is 26.0. The molecule has 3 aliphatic rings. The molecule has 4 amide bonds. The summed E-state index contributed by atoms with van der Waals surface area (Å²) in [5.41, 5.74) is -0.386. The van der Waals surface area contributed by atoms with Crippen molar-refractivity contribution in [1.82, 2.24) is 20.2 Å². The molecule has 0 aliphatic carbocycles. The lowest BCUT2D eigenvalue weighted by Gasteiger charge is -2.54. The third-order valence-electron chi connectivity index (χ3n) is 8.04. The van der Waals surface area contributed by atoms with Crippen LogP contribution in [0.3, 0.4) is 0 Å². The number of aromatic hydroxyl groups is 1. The molecule has 4 heterocycles. The van der Waals surface area contributed by atoms with Gasteiger partial charge in [-0.15, -0.1) is 0 Å². The minimum absolute atomic E-state index is 0.0208. The first-order chi connectivity index (χ1) is 19.7. The minimum atomic E-state index is -1.58. The molecule has 13 heteroatoms. The SMILES string of the molecule is CCn1c(O)c(C=Nc2ccc3c(c2)CC2(C(=O)NC(=O)NC2=O)[C@H]2CN(c4ccccc4)CCN32)c(=O)[nH]c1=O. The standard InChI is InChI=1S/C28H27N7O6/c1-2-34-23(37)19(22(36)30-27(34)41)14-29-17-8-9-20-16(12-17)13-28(24(38)31-26(40)32-25(28)39)21-15-33(10-11-35(20)21)18-6-4-3-5-7-18/h3-9,12,14,21,37H,2,10-11,13,15H2,1H3,(H,30,36,41)(H2,31,32,38,39,40)/t21-/m1/s1.